The third kappa shape index (κ3) is 4.28. The minimum Gasteiger partial charge on any atom is -0.480 e. The molecular weight excluding hydrogens is 284 g/mol. The third-order valence-electron chi connectivity index (χ3n) is 4.54. The van der Waals surface area contributed by atoms with Gasteiger partial charge < -0.3 is 10.4 Å². The van der Waals surface area contributed by atoms with Crippen molar-refractivity contribution < 1.29 is 9.90 Å². The number of carboxylic acids is 1. The van der Waals surface area contributed by atoms with E-state index in [1.165, 1.54) is 23.3 Å². The van der Waals surface area contributed by atoms with Crippen molar-refractivity contribution in [2.45, 2.75) is 51.2 Å². The van der Waals surface area contributed by atoms with E-state index in [4.69, 9.17) is 5.11 Å². The Bertz CT molecular complexity index is 492. The second-order valence-corrected chi connectivity index (χ2v) is 7.65. The Kier molecular flexibility index (Phi) is 4.62. The number of carbonyl (C=O) groups is 1. The van der Waals surface area contributed by atoms with Crippen molar-refractivity contribution in [1.82, 2.24) is 10.2 Å². The molecule has 3 rings (SSSR count). The molecule has 0 aromatic carbocycles. The maximum atomic E-state index is 11.0. The summed E-state index contributed by atoms with van der Waals surface area (Å²) in [5, 5.41) is 14.8. The highest BCUT2D eigenvalue weighted by Crippen LogP contribution is 2.33. The van der Waals surface area contributed by atoms with Gasteiger partial charge >= 0.3 is 5.97 Å². The lowest BCUT2D eigenvalue weighted by Crippen LogP contribution is -2.54. The standard InChI is InChI=1S/C16H24N2O2S/c1-11-4-13(10-21-11)7-17-14-5-15(6-14)18(9-16(19)20)8-12-2-3-12/h4,10,12,14-15,17H,2-3,5-9H2,1H3,(H,19,20). The molecule has 0 aliphatic heterocycles. The lowest BCUT2D eigenvalue weighted by atomic mass is 9.85. The van der Waals surface area contributed by atoms with Crippen molar-refractivity contribution in [3.05, 3.63) is 21.9 Å². The number of carboxylic acid groups (broad SMARTS) is 1. The number of thiophene rings is 1. The molecule has 2 fully saturated rings. The zero-order valence-corrected chi connectivity index (χ0v) is 13.4. The van der Waals surface area contributed by atoms with Gasteiger partial charge in [0.2, 0.25) is 0 Å². The van der Waals surface area contributed by atoms with Gasteiger partial charge in [-0.3, -0.25) is 9.69 Å². The maximum Gasteiger partial charge on any atom is 0.317 e. The van der Waals surface area contributed by atoms with Gasteiger partial charge in [-0.2, -0.15) is 0 Å². The fourth-order valence-electron chi connectivity index (χ4n) is 3.05. The number of aryl methyl sites for hydroxylation is 1. The summed E-state index contributed by atoms with van der Waals surface area (Å²) in [5.74, 6) is 0.0611. The third-order valence-corrected chi connectivity index (χ3v) is 5.45. The number of nitrogens with one attached hydrogen (secondary N) is 1. The molecule has 5 heteroatoms. The number of aliphatic carboxylic acids is 1. The highest BCUT2D eigenvalue weighted by molar-refractivity contribution is 7.10. The van der Waals surface area contributed by atoms with E-state index in [0.717, 1.165) is 31.8 Å². The number of rotatable bonds is 8. The minimum absolute atomic E-state index is 0.206. The summed E-state index contributed by atoms with van der Waals surface area (Å²) in [6, 6.07) is 3.24. The van der Waals surface area contributed by atoms with Gasteiger partial charge in [0.25, 0.3) is 0 Å². The molecule has 1 aromatic heterocycles. The second-order valence-electron chi connectivity index (χ2n) is 6.54. The molecule has 2 aliphatic rings. The molecule has 0 radical (unpaired) electrons. The SMILES string of the molecule is Cc1cc(CNC2CC(N(CC(=O)O)CC3CC3)C2)cs1. The lowest BCUT2D eigenvalue weighted by molar-refractivity contribution is -0.139. The number of hydrogen-bond donors (Lipinski definition) is 2. The smallest absolute Gasteiger partial charge is 0.317 e. The molecule has 1 aromatic rings. The zero-order valence-electron chi connectivity index (χ0n) is 12.5. The molecule has 2 aliphatic carbocycles. The van der Waals surface area contributed by atoms with Crippen molar-refractivity contribution in [3.63, 3.8) is 0 Å². The van der Waals surface area contributed by atoms with Crippen LogP contribution in [0, 0.1) is 12.8 Å². The van der Waals surface area contributed by atoms with Crippen LogP contribution in [0.1, 0.15) is 36.1 Å². The molecule has 0 saturated heterocycles. The van der Waals surface area contributed by atoms with E-state index >= 15 is 0 Å². The fraction of sp³-hybridized carbons (Fsp3) is 0.688. The molecule has 2 saturated carbocycles. The largest absolute Gasteiger partial charge is 0.480 e. The first kappa shape index (κ1) is 15.0. The van der Waals surface area contributed by atoms with Crippen molar-refractivity contribution >= 4 is 17.3 Å². The van der Waals surface area contributed by atoms with Gasteiger partial charge in [-0.05, 0) is 55.5 Å². The Morgan fingerprint density at radius 1 is 1.48 bits per heavy atom. The van der Waals surface area contributed by atoms with E-state index in [1.54, 1.807) is 11.3 Å². The monoisotopic (exact) mass is 308 g/mol. The second kappa shape index (κ2) is 6.46. The summed E-state index contributed by atoms with van der Waals surface area (Å²) in [6.45, 7) is 4.25. The molecule has 21 heavy (non-hydrogen) atoms. The predicted molar refractivity (Wildman–Crippen MR) is 84.6 cm³/mol. The molecule has 0 bridgehead atoms. The molecule has 4 nitrogen and oxygen atoms in total. The summed E-state index contributed by atoms with van der Waals surface area (Å²) < 4.78 is 0. The van der Waals surface area contributed by atoms with Crippen LogP contribution >= 0.6 is 11.3 Å². The molecule has 0 spiro atoms. The predicted octanol–water partition coefficient (Wildman–Crippen LogP) is 2.47. The molecule has 0 amide bonds. The van der Waals surface area contributed by atoms with E-state index in [2.05, 4.69) is 28.6 Å². The molecule has 1 heterocycles. The van der Waals surface area contributed by atoms with E-state index in [-0.39, 0.29) is 6.54 Å². The topological polar surface area (TPSA) is 52.6 Å². The Labute approximate surface area is 130 Å². The first-order valence-electron chi connectivity index (χ1n) is 7.83. The first-order chi connectivity index (χ1) is 10.1. The quantitative estimate of drug-likeness (QED) is 0.775. The van der Waals surface area contributed by atoms with Crippen LogP contribution < -0.4 is 5.32 Å². The van der Waals surface area contributed by atoms with E-state index in [1.807, 2.05) is 0 Å². The number of hydrogen-bond acceptors (Lipinski definition) is 4. The zero-order chi connectivity index (χ0) is 14.8. The molecule has 0 atom stereocenters. The van der Waals surface area contributed by atoms with Crippen LogP contribution in [-0.2, 0) is 11.3 Å². The Balaban J connectivity index is 1.41. The summed E-state index contributed by atoms with van der Waals surface area (Å²) in [5.41, 5.74) is 1.36. The maximum absolute atomic E-state index is 11.0. The van der Waals surface area contributed by atoms with Crippen LogP contribution in [0.5, 0.6) is 0 Å². The van der Waals surface area contributed by atoms with Crippen LogP contribution in [0.3, 0.4) is 0 Å². The van der Waals surface area contributed by atoms with Gasteiger partial charge in [0.05, 0.1) is 6.54 Å². The summed E-state index contributed by atoms with van der Waals surface area (Å²) >= 11 is 1.79. The van der Waals surface area contributed by atoms with Gasteiger partial charge in [0, 0.05) is 30.1 Å². The summed E-state index contributed by atoms with van der Waals surface area (Å²) in [7, 11) is 0. The van der Waals surface area contributed by atoms with Crippen molar-refractivity contribution in [3.8, 4) is 0 Å². The van der Waals surface area contributed by atoms with Crippen LogP contribution in [-0.4, -0.2) is 41.1 Å². The van der Waals surface area contributed by atoms with E-state index in [0.29, 0.717) is 12.1 Å². The van der Waals surface area contributed by atoms with Crippen LogP contribution in [0.15, 0.2) is 11.4 Å². The average Bonchev–Trinajstić information content (AvgIpc) is 3.07. The Hall–Kier alpha value is -0.910. The van der Waals surface area contributed by atoms with Crippen molar-refractivity contribution in [2.75, 3.05) is 13.1 Å². The first-order valence-corrected chi connectivity index (χ1v) is 8.71. The summed E-state index contributed by atoms with van der Waals surface area (Å²) in [6.07, 6.45) is 4.73. The van der Waals surface area contributed by atoms with Crippen molar-refractivity contribution in [2.24, 2.45) is 5.92 Å². The van der Waals surface area contributed by atoms with Crippen molar-refractivity contribution in [1.29, 1.82) is 0 Å². The molecule has 116 valence electrons. The van der Waals surface area contributed by atoms with E-state index in [9.17, 15) is 4.79 Å². The van der Waals surface area contributed by atoms with Gasteiger partial charge in [-0.15, -0.1) is 11.3 Å². The Morgan fingerprint density at radius 2 is 2.24 bits per heavy atom. The minimum atomic E-state index is -0.694. The van der Waals surface area contributed by atoms with Crippen LogP contribution in [0.2, 0.25) is 0 Å². The molecule has 0 unspecified atom stereocenters. The van der Waals surface area contributed by atoms with Gasteiger partial charge in [0.15, 0.2) is 0 Å². The van der Waals surface area contributed by atoms with E-state index < -0.39 is 5.97 Å². The summed E-state index contributed by atoms with van der Waals surface area (Å²) in [4.78, 5) is 14.5. The highest BCUT2D eigenvalue weighted by Gasteiger charge is 2.36. The highest BCUT2D eigenvalue weighted by atomic mass is 32.1. The normalized spacial score (nSPS) is 25.0. The fourth-order valence-corrected chi connectivity index (χ4v) is 3.76. The Morgan fingerprint density at radius 3 is 2.81 bits per heavy atom. The van der Waals surface area contributed by atoms with Crippen LogP contribution in [0.25, 0.3) is 0 Å². The lowest BCUT2D eigenvalue weighted by Gasteiger charge is -2.43. The van der Waals surface area contributed by atoms with Gasteiger partial charge in [-0.25, -0.2) is 0 Å². The number of nitrogens with zero attached hydrogens (tertiary/aromatic N) is 1. The molecule has 2 N–H and O–H groups in total. The van der Waals surface area contributed by atoms with Gasteiger partial charge in [0.1, 0.15) is 0 Å². The van der Waals surface area contributed by atoms with Gasteiger partial charge in [-0.1, -0.05) is 0 Å². The average molecular weight is 308 g/mol. The molecular formula is C16H24N2O2S. The van der Waals surface area contributed by atoms with Crippen LogP contribution in [0.4, 0.5) is 0 Å².